The molecule has 0 atom stereocenters. The Morgan fingerprint density at radius 1 is 0.958 bits per heavy atom. The second kappa shape index (κ2) is 7.27. The standard InChI is InChI=1S/C19H21N3O2/c1-20-19(24)21-18(23)10-11-22-12-14-6-2-4-8-16(14)17-9-5-3-7-15(17)13-22/h2-9H,10-13H2,1H3,(H2,20,21,23,24). The van der Waals surface area contributed by atoms with Crippen LogP contribution in [0.15, 0.2) is 48.5 Å². The summed E-state index contributed by atoms with van der Waals surface area (Å²) in [7, 11) is 1.49. The summed E-state index contributed by atoms with van der Waals surface area (Å²) in [4.78, 5) is 25.3. The first-order valence-electron chi connectivity index (χ1n) is 8.07. The van der Waals surface area contributed by atoms with Gasteiger partial charge in [0.25, 0.3) is 0 Å². The van der Waals surface area contributed by atoms with E-state index in [0.29, 0.717) is 6.54 Å². The van der Waals surface area contributed by atoms with Crippen LogP contribution in [-0.4, -0.2) is 30.4 Å². The maximum atomic E-state index is 11.8. The van der Waals surface area contributed by atoms with Crippen LogP contribution in [0.1, 0.15) is 17.5 Å². The van der Waals surface area contributed by atoms with Crippen molar-refractivity contribution in [1.82, 2.24) is 15.5 Å². The molecule has 3 amide bonds. The molecule has 5 nitrogen and oxygen atoms in total. The van der Waals surface area contributed by atoms with E-state index in [-0.39, 0.29) is 12.3 Å². The highest BCUT2D eigenvalue weighted by molar-refractivity contribution is 5.94. The van der Waals surface area contributed by atoms with E-state index in [0.717, 1.165) is 13.1 Å². The number of rotatable bonds is 3. The molecule has 2 aromatic carbocycles. The lowest BCUT2D eigenvalue weighted by molar-refractivity contribution is -0.120. The van der Waals surface area contributed by atoms with E-state index in [1.54, 1.807) is 0 Å². The topological polar surface area (TPSA) is 61.4 Å². The lowest BCUT2D eigenvalue weighted by Crippen LogP contribution is -2.39. The van der Waals surface area contributed by atoms with E-state index < -0.39 is 6.03 Å². The van der Waals surface area contributed by atoms with Gasteiger partial charge in [-0.05, 0) is 22.3 Å². The molecule has 1 aliphatic heterocycles. The average Bonchev–Trinajstić information content (AvgIpc) is 2.76. The number of carbonyl (C=O) groups is 2. The Morgan fingerprint density at radius 3 is 2.04 bits per heavy atom. The predicted octanol–water partition coefficient (Wildman–Crippen LogP) is 2.51. The second-order valence-electron chi connectivity index (χ2n) is 5.90. The molecule has 0 saturated heterocycles. The Bertz CT molecular complexity index is 710. The summed E-state index contributed by atoms with van der Waals surface area (Å²) < 4.78 is 0. The molecular weight excluding hydrogens is 302 g/mol. The lowest BCUT2D eigenvalue weighted by atomic mass is 9.97. The molecule has 0 aliphatic carbocycles. The van der Waals surface area contributed by atoms with Gasteiger partial charge in [0.2, 0.25) is 5.91 Å². The van der Waals surface area contributed by atoms with Crippen molar-refractivity contribution >= 4 is 11.9 Å². The summed E-state index contributed by atoms with van der Waals surface area (Å²) in [6.07, 6.45) is 0.289. The highest BCUT2D eigenvalue weighted by atomic mass is 16.2. The quantitative estimate of drug-likeness (QED) is 0.912. The van der Waals surface area contributed by atoms with Crippen molar-refractivity contribution in [2.45, 2.75) is 19.5 Å². The summed E-state index contributed by atoms with van der Waals surface area (Å²) in [5, 5.41) is 4.69. The minimum absolute atomic E-state index is 0.264. The first-order valence-corrected chi connectivity index (χ1v) is 8.07. The van der Waals surface area contributed by atoms with Gasteiger partial charge in [0.1, 0.15) is 0 Å². The third-order valence-corrected chi connectivity index (χ3v) is 4.25. The fourth-order valence-corrected chi connectivity index (χ4v) is 3.05. The Morgan fingerprint density at radius 2 is 1.50 bits per heavy atom. The summed E-state index contributed by atoms with van der Waals surface area (Å²) in [6, 6.07) is 16.3. The maximum Gasteiger partial charge on any atom is 0.321 e. The van der Waals surface area contributed by atoms with Crippen LogP contribution in [0.3, 0.4) is 0 Å². The van der Waals surface area contributed by atoms with Gasteiger partial charge in [0.15, 0.2) is 0 Å². The minimum atomic E-state index is -0.466. The van der Waals surface area contributed by atoms with Crippen molar-refractivity contribution in [2.24, 2.45) is 0 Å². The molecule has 0 fully saturated rings. The molecule has 0 saturated carbocycles. The van der Waals surface area contributed by atoms with Crippen LogP contribution in [0.5, 0.6) is 0 Å². The normalized spacial score (nSPS) is 13.4. The molecule has 5 heteroatoms. The van der Waals surface area contributed by atoms with Crippen molar-refractivity contribution in [1.29, 1.82) is 0 Å². The van der Waals surface area contributed by atoms with Gasteiger partial charge in [0, 0.05) is 33.1 Å². The predicted molar refractivity (Wildman–Crippen MR) is 93.2 cm³/mol. The van der Waals surface area contributed by atoms with Gasteiger partial charge >= 0.3 is 6.03 Å². The molecule has 2 N–H and O–H groups in total. The SMILES string of the molecule is CNC(=O)NC(=O)CCN1Cc2ccccc2-c2ccccc2C1. The summed E-state index contributed by atoms with van der Waals surface area (Å²) in [5.74, 6) is -0.264. The van der Waals surface area contributed by atoms with E-state index in [4.69, 9.17) is 0 Å². The molecule has 1 heterocycles. The molecule has 2 aromatic rings. The minimum Gasteiger partial charge on any atom is -0.341 e. The molecule has 0 spiro atoms. The van der Waals surface area contributed by atoms with Gasteiger partial charge in [-0.1, -0.05) is 48.5 Å². The van der Waals surface area contributed by atoms with Gasteiger partial charge in [-0.25, -0.2) is 4.79 Å². The van der Waals surface area contributed by atoms with Gasteiger partial charge in [-0.15, -0.1) is 0 Å². The van der Waals surface area contributed by atoms with Crippen LogP contribution in [0.25, 0.3) is 11.1 Å². The largest absolute Gasteiger partial charge is 0.341 e. The number of hydrogen-bond donors (Lipinski definition) is 2. The maximum absolute atomic E-state index is 11.8. The molecule has 0 bridgehead atoms. The Balaban J connectivity index is 1.76. The Hall–Kier alpha value is -2.66. The summed E-state index contributed by atoms with van der Waals surface area (Å²) >= 11 is 0. The van der Waals surface area contributed by atoms with Crippen LogP contribution < -0.4 is 10.6 Å². The number of benzene rings is 2. The number of nitrogens with zero attached hydrogens (tertiary/aromatic N) is 1. The number of imide groups is 1. The fraction of sp³-hybridized carbons (Fsp3) is 0.263. The number of carbonyl (C=O) groups excluding carboxylic acids is 2. The Kier molecular flexibility index (Phi) is 4.91. The number of hydrogen-bond acceptors (Lipinski definition) is 3. The van der Waals surface area contributed by atoms with Crippen LogP contribution >= 0.6 is 0 Å². The van der Waals surface area contributed by atoms with Crippen LogP contribution in [-0.2, 0) is 17.9 Å². The van der Waals surface area contributed by atoms with E-state index in [1.807, 2.05) is 12.1 Å². The van der Waals surface area contributed by atoms with Gasteiger partial charge in [-0.3, -0.25) is 15.0 Å². The first kappa shape index (κ1) is 16.2. The van der Waals surface area contributed by atoms with E-state index in [2.05, 4.69) is 51.9 Å². The number of nitrogens with one attached hydrogen (secondary N) is 2. The molecule has 0 unspecified atom stereocenters. The van der Waals surface area contributed by atoms with Crippen molar-refractivity contribution in [3.63, 3.8) is 0 Å². The molecule has 0 aromatic heterocycles. The van der Waals surface area contributed by atoms with Crippen molar-refractivity contribution < 1.29 is 9.59 Å². The highest BCUT2D eigenvalue weighted by Gasteiger charge is 2.19. The molecular formula is C19H21N3O2. The van der Waals surface area contributed by atoms with E-state index in [9.17, 15) is 9.59 Å². The molecule has 1 aliphatic rings. The third kappa shape index (κ3) is 3.63. The van der Waals surface area contributed by atoms with Crippen molar-refractivity contribution in [3.8, 4) is 11.1 Å². The zero-order valence-corrected chi connectivity index (χ0v) is 13.7. The summed E-state index contributed by atoms with van der Waals surface area (Å²) in [6.45, 7) is 2.18. The zero-order valence-electron chi connectivity index (χ0n) is 13.7. The summed E-state index contributed by atoms with van der Waals surface area (Å²) in [5.41, 5.74) is 5.03. The van der Waals surface area contributed by atoms with Crippen LogP contribution in [0, 0.1) is 0 Å². The molecule has 0 radical (unpaired) electrons. The molecule has 3 rings (SSSR count). The first-order chi connectivity index (χ1) is 11.7. The highest BCUT2D eigenvalue weighted by Crippen LogP contribution is 2.32. The van der Waals surface area contributed by atoms with Crippen LogP contribution in [0.2, 0.25) is 0 Å². The number of fused-ring (bicyclic) bond motifs is 3. The van der Waals surface area contributed by atoms with Gasteiger partial charge in [-0.2, -0.15) is 0 Å². The molecule has 24 heavy (non-hydrogen) atoms. The third-order valence-electron chi connectivity index (χ3n) is 4.25. The number of urea groups is 1. The Labute approximate surface area is 141 Å². The van der Waals surface area contributed by atoms with E-state index in [1.165, 1.54) is 29.3 Å². The van der Waals surface area contributed by atoms with Crippen LogP contribution in [0.4, 0.5) is 4.79 Å². The van der Waals surface area contributed by atoms with E-state index >= 15 is 0 Å². The van der Waals surface area contributed by atoms with Crippen molar-refractivity contribution in [2.75, 3.05) is 13.6 Å². The fourth-order valence-electron chi connectivity index (χ4n) is 3.05. The monoisotopic (exact) mass is 323 g/mol. The number of amides is 3. The van der Waals surface area contributed by atoms with Gasteiger partial charge in [0.05, 0.1) is 0 Å². The van der Waals surface area contributed by atoms with Gasteiger partial charge < -0.3 is 5.32 Å². The smallest absolute Gasteiger partial charge is 0.321 e. The zero-order chi connectivity index (χ0) is 16.9. The average molecular weight is 323 g/mol. The molecule has 124 valence electrons. The lowest BCUT2D eigenvalue weighted by Gasteiger charge is -2.20. The second-order valence-corrected chi connectivity index (χ2v) is 5.90. The van der Waals surface area contributed by atoms with Crippen molar-refractivity contribution in [3.05, 3.63) is 59.7 Å².